The summed E-state index contributed by atoms with van der Waals surface area (Å²) < 4.78 is 5.30. The van der Waals surface area contributed by atoms with E-state index in [0.29, 0.717) is 10.9 Å². The SMILES string of the molecule is N#Cc1cnc(SCc2cc(-c3cccs3)on2)nc1N. The number of nitriles is 1. The Balaban J connectivity index is 1.68. The van der Waals surface area contributed by atoms with E-state index in [1.54, 1.807) is 11.3 Å². The molecular formula is C13H9N5OS2. The van der Waals surface area contributed by atoms with Gasteiger partial charge in [-0.3, -0.25) is 0 Å². The van der Waals surface area contributed by atoms with E-state index in [2.05, 4.69) is 15.1 Å². The number of nitrogens with two attached hydrogens (primary N) is 1. The zero-order valence-electron chi connectivity index (χ0n) is 10.7. The Kier molecular flexibility index (Phi) is 3.85. The Hall–Kier alpha value is -2.37. The minimum atomic E-state index is 0.189. The predicted octanol–water partition coefficient (Wildman–Crippen LogP) is 2.94. The Morgan fingerprint density at radius 3 is 3.10 bits per heavy atom. The second kappa shape index (κ2) is 5.95. The Bertz CT molecular complexity index is 791. The number of hydrogen-bond acceptors (Lipinski definition) is 8. The lowest BCUT2D eigenvalue weighted by Crippen LogP contribution is -1.98. The van der Waals surface area contributed by atoms with Crippen molar-refractivity contribution in [3.05, 3.63) is 41.0 Å². The van der Waals surface area contributed by atoms with Crippen LogP contribution >= 0.6 is 23.1 Å². The molecule has 0 saturated carbocycles. The molecule has 8 heteroatoms. The molecule has 0 atom stereocenters. The fourth-order valence-electron chi connectivity index (χ4n) is 1.59. The lowest BCUT2D eigenvalue weighted by molar-refractivity contribution is 0.427. The maximum atomic E-state index is 8.77. The number of nitrogens with zero attached hydrogens (tertiary/aromatic N) is 4. The van der Waals surface area contributed by atoms with E-state index in [-0.39, 0.29) is 11.4 Å². The van der Waals surface area contributed by atoms with Gasteiger partial charge >= 0.3 is 0 Å². The van der Waals surface area contributed by atoms with Gasteiger partial charge < -0.3 is 10.3 Å². The van der Waals surface area contributed by atoms with E-state index in [0.717, 1.165) is 16.3 Å². The molecule has 0 unspecified atom stereocenters. The highest BCUT2D eigenvalue weighted by molar-refractivity contribution is 7.98. The molecule has 0 radical (unpaired) electrons. The first-order valence-corrected chi connectivity index (χ1v) is 7.77. The van der Waals surface area contributed by atoms with Crippen molar-refractivity contribution in [1.82, 2.24) is 15.1 Å². The molecule has 0 aromatic carbocycles. The van der Waals surface area contributed by atoms with E-state index in [1.807, 2.05) is 29.6 Å². The third-order valence-corrected chi connectivity index (χ3v) is 4.37. The first kappa shape index (κ1) is 13.6. The lowest BCUT2D eigenvalue weighted by atomic mass is 10.3. The quantitative estimate of drug-likeness (QED) is 0.583. The summed E-state index contributed by atoms with van der Waals surface area (Å²) in [6.07, 6.45) is 1.42. The molecule has 21 heavy (non-hydrogen) atoms. The Labute approximate surface area is 128 Å². The number of thioether (sulfide) groups is 1. The topological polar surface area (TPSA) is 102 Å². The van der Waals surface area contributed by atoms with E-state index in [4.69, 9.17) is 15.5 Å². The molecule has 0 spiro atoms. The minimum absolute atomic E-state index is 0.189. The van der Waals surface area contributed by atoms with E-state index < -0.39 is 0 Å². The van der Waals surface area contributed by atoms with E-state index >= 15 is 0 Å². The summed E-state index contributed by atoms with van der Waals surface area (Å²) in [5, 5.41) is 15.3. The molecule has 3 rings (SSSR count). The minimum Gasteiger partial charge on any atom is -0.382 e. The van der Waals surface area contributed by atoms with Crippen LogP contribution in [0.4, 0.5) is 5.82 Å². The van der Waals surface area contributed by atoms with Crippen LogP contribution in [0.2, 0.25) is 0 Å². The fraction of sp³-hybridized carbons (Fsp3) is 0.0769. The highest BCUT2D eigenvalue weighted by Gasteiger charge is 2.09. The van der Waals surface area contributed by atoms with Crippen molar-refractivity contribution in [2.45, 2.75) is 10.9 Å². The van der Waals surface area contributed by atoms with Crippen molar-refractivity contribution in [2.75, 3.05) is 5.73 Å². The maximum Gasteiger partial charge on any atom is 0.189 e. The van der Waals surface area contributed by atoms with Crippen LogP contribution in [-0.2, 0) is 5.75 Å². The molecule has 3 aromatic heterocycles. The summed E-state index contributed by atoms with van der Waals surface area (Å²) in [4.78, 5) is 9.18. The monoisotopic (exact) mass is 315 g/mol. The van der Waals surface area contributed by atoms with Crippen LogP contribution in [0.3, 0.4) is 0 Å². The molecular weight excluding hydrogens is 306 g/mol. The number of nitrogen functional groups attached to an aromatic ring is 1. The van der Waals surface area contributed by atoms with Crippen molar-refractivity contribution in [2.24, 2.45) is 0 Å². The molecule has 0 amide bonds. The van der Waals surface area contributed by atoms with Crippen molar-refractivity contribution < 1.29 is 4.52 Å². The molecule has 3 heterocycles. The van der Waals surface area contributed by atoms with Gasteiger partial charge in [0.2, 0.25) is 0 Å². The van der Waals surface area contributed by atoms with Gasteiger partial charge in [0.1, 0.15) is 17.5 Å². The van der Waals surface area contributed by atoms with Gasteiger partial charge in [0.05, 0.1) is 16.8 Å². The Morgan fingerprint density at radius 2 is 2.38 bits per heavy atom. The second-order valence-corrected chi connectivity index (χ2v) is 5.90. The average Bonchev–Trinajstić information content (AvgIpc) is 3.16. The largest absolute Gasteiger partial charge is 0.382 e. The molecule has 0 bridgehead atoms. The van der Waals surface area contributed by atoms with Crippen LogP contribution in [0, 0.1) is 11.3 Å². The highest BCUT2D eigenvalue weighted by atomic mass is 32.2. The summed E-state index contributed by atoms with van der Waals surface area (Å²) in [5.41, 5.74) is 6.73. The lowest BCUT2D eigenvalue weighted by Gasteiger charge is -1.99. The molecule has 104 valence electrons. The Morgan fingerprint density at radius 1 is 1.48 bits per heavy atom. The van der Waals surface area contributed by atoms with Crippen molar-refractivity contribution in [3.63, 3.8) is 0 Å². The summed E-state index contributed by atoms with van der Waals surface area (Å²) in [6.45, 7) is 0. The van der Waals surface area contributed by atoms with Crippen LogP contribution in [0.15, 0.2) is 39.5 Å². The zero-order chi connectivity index (χ0) is 14.7. The molecule has 3 aromatic rings. The third-order valence-electron chi connectivity index (χ3n) is 2.59. The van der Waals surface area contributed by atoms with Gasteiger partial charge in [-0.25, -0.2) is 9.97 Å². The van der Waals surface area contributed by atoms with E-state index in [9.17, 15) is 0 Å². The van der Waals surface area contributed by atoms with Crippen LogP contribution in [0.25, 0.3) is 10.6 Å². The van der Waals surface area contributed by atoms with Crippen molar-refractivity contribution in [3.8, 4) is 16.7 Å². The molecule has 0 aliphatic heterocycles. The van der Waals surface area contributed by atoms with Crippen LogP contribution < -0.4 is 5.73 Å². The fourth-order valence-corrected chi connectivity index (χ4v) is 2.96. The third kappa shape index (κ3) is 3.04. The van der Waals surface area contributed by atoms with Gasteiger partial charge in [0, 0.05) is 11.8 Å². The van der Waals surface area contributed by atoms with Crippen molar-refractivity contribution >= 4 is 28.9 Å². The van der Waals surface area contributed by atoms with Gasteiger partial charge in [0.25, 0.3) is 0 Å². The number of thiophene rings is 1. The number of hydrogen-bond donors (Lipinski definition) is 1. The van der Waals surface area contributed by atoms with Gasteiger partial charge in [-0.15, -0.1) is 11.3 Å². The molecule has 0 aliphatic rings. The summed E-state index contributed by atoms with van der Waals surface area (Å²) in [5.74, 6) is 1.51. The number of anilines is 1. The van der Waals surface area contributed by atoms with Gasteiger partial charge in [-0.2, -0.15) is 5.26 Å². The summed E-state index contributed by atoms with van der Waals surface area (Å²) in [7, 11) is 0. The van der Waals surface area contributed by atoms with Gasteiger partial charge in [0.15, 0.2) is 10.9 Å². The summed E-state index contributed by atoms with van der Waals surface area (Å²) in [6, 6.07) is 7.77. The van der Waals surface area contributed by atoms with Crippen LogP contribution in [0.5, 0.6) is 0 Å². The number of rotatable bonds is 4. The molecule has 6 nitrogen and oxygen atoms in total. The van der Waals surface area contributed by atoms with Gasteiger partial charge in [-0.05, 0) is 11.4 Å². The maximum absolute atomic E-state index is 8.77. The summed E-state index contributed by atoms with van der Waals surface area (Å²) >= 11 is 2.98. The second-order valence-electron chi connectivity index (χ2n) is 4.01. The molecule has 2 N–H and O–H groups in total. The first-order valence-electron chi connectivity index (χ1n) is 5.91. The van der Waals surface area contributed by atoms with Crippen molar-refractivity contribution in [1.29, 1.82) is 5.26 Å². The standard InChI is InChI=1S/C13H9N5OS2/c14-5-8-6-16-13(17-12(8)15)21-7-9-4-10(19-18-9)11-2-1-3-20-11/h1-4,6H,7H2,(H2,15,16,17). The molecule has 0 aliphatic carbocycles. The van der Waals surface area contributed by atoms with E-state index in [1.165, 1.54) is 18.0 Å². The van der Waals surface area contributed by atoms with Gasteiger partial charge in [-0.1, -0.05) is 23.0 Å². The average molecular weight is 315 g/mol. The van der Waals surface area contributed by atoms with Crippen LogP contribution in [-0.4, -0.2) is 15.1 Å². The number of aromatic nitrogens is 3. The highest BCUT2D eigenvalue weighted by Crippen LogP contribution is 2.27. The van der Waals surface area contributed by atoms with Crippen LogP contribution in [0.1, 0.15) is 11.3 Å². The normalized spacial score (nSPS) is 10.4. The first-order chi connectivity index (χ1) is 10.3. The zero-order valence-corrected chi connectivity index (χ0v) is 12.3. The smallest absolute Gasteiger partial charge is 0.189 e. The predicted molar refractivity (Wildman–Crippen MR) is 80.5 cm³/mol. The molecule has 0 fully saturated rings. The molecule has 0 saturated heterocycles.